The minimum atomic E-state index is -0.504. The van der Waals surface area contributed by atoms with Gasteiger partial charge in [-0.1, -0.05) is 13.8 Å². The fourth-order valence-electron chi connectivity index (χ4n) is 2.49. The Labute approximate surface area is 104 Å². The van der Waals surface area contributed by atoms with Gasteiger partial charge in [0.25, 0.3) is 0 Å². The molecule has 0 aromatic heterocycles. The molecule has 0 radical (unpaired) electrons. The second kappa shape index (κ2) is 6.97. The highest BCUT2D eigenvalue weighted by Gasteiger charge is 2.25. The van der Waals surface area contributed by atoms with Crippen molar-refractivity contribution in [2.45, 2.75) is 39.2 Å². The first-order valence-electron chi connectivity index (χ1n) is 6.59. The van der Waals surface area contributed by atoms with Crippen LogP contribution < -0.4 is 5.73 Å². The van der Waals surface area contributed by atoms with Crippen LogP contribution in [-0.4, -0.2) is 43.7 Å². The van der Waals surface area contributed by atoms with Crippen LogP contribution in [0.2, 0.25) is 0 Å². The van der Waals surface area contributed by atoms with Crippen LogP contribution in [0, 0.1) is 11.8 Å². The van der Waals surface area contributed by atoms with Crippen LogP contribution in [0.4, 0.5) is 0 Å². The summed E-state index contributed by atoms with van der Waals surface area (Å²) >= 11 is 0. The summed E-state index contributed by atoms with van der Waals surface area (Å²) < 4.78 is 4.93. The monoisotopic (exact) mass is 242 g/mol. The summed E-state index contributed by atoms with van der Waals surface area (Å²) in [6.45, 7) is 6.53. The molecule has 1 fully saturated rings. The molecule has 2 atom stereocenters. The largest absolute Gasteiger partial charge is 0.383 e. The van der Waals surface area contributed by atoms with Crippen LogP contribution in [0.15, 0.2) is 0 Å². The molecule has 0 saturated carbocycles. The quantitative estimate of drug-likeness (QED) is 0.807. The zero-order valence-corrected chi connectivity index (χ0v) is 11.3. The SMILES string of the molecule is COCC(N)C(=O)N1CCCC(C(C)C)CC1. The van der Waals surface area contributed by atoms with Crippen LogP contribution in [0.1, 0.15) is 33.1 Å². The Kier molecular flexibility index (Phi) is 5.92. The average Bonchev–Trinajstić information content (AvgIpc) is 2.53. The molecule has 1 amide bonds. The first-order valence-corrected chi connectivity index (χ1v) is 6.59. The lowest BCUT2D eigenvalue weighted by molar-refractivity contribution is -0.133. The van der Waals surface area contributed by atoms with E-state index in [1.165, 1.54) is 6.42 Å². The fourth-order valence-corrected chi connectivity index (χ4v) is 2.49. The van der Waals surface area contributed by atoms with Crippen LogP contribution in [0.5, 0.6) is 0 Å². The molecular weight excluding hydrogens is 216 g/mol. The van der Waals surface area contributed by atoms with Gasteiger partial charge in [-0.2, -0.15) is 0 Å². The molecule has 0 bridgehead atoms. The summed E-state index contributed by atoms with van der Waals surface area (Å²) in [6, 6.07) is -0.504. The zero-order valence-electron chi connectivity index (χ0n) is 11.3. The number of likely N-dealkylation sites (tertiary alicyclic amines) is 1. The second-order valence-electron chi connectivity index (χ2n) is 5.32. The molecule has 1 rings (SSSR count). The minimum absolute atomic E-state index is 0.0382. The van der Waals surface area contributed by atoms with E-state index >= 15 is 0 Å². The number of rotatable bonds is 4. The maximum atomic E-state index is 12.0. The maximum Gasteiger partial charge on any atom is 0.241 e. The zero-order chi connectivity index (χ0) is 12.8. The highest BCUT2D eigenvalue weighted by molar-refractivity contribution is 5.81. The number of nitrogens with zero attached hydrogens (tertiary/aromatic N) is 1. The maximum absolute atomic E-state index is 12.0. The molecule has 2 N–H and O–H groups in total. The lowest BCUT2D eigenvalue weighted by Gasteiger charge is -2.24. The Balaban J connectivity index is 2.48. The minimum Gasteiger partial charge on any atom is -0.383 e. The van der Waals surface area contributed by atoms with E-state index < -0.39 is 6.04 Å². The second-order valence-corrected chi connectivity index (χ2v) is 5.32. The molecule has 0 aromatic rings. The molecule has 4 heteroatoms. The number of hydrogen-bond acceptors (Lipinski definition) is 3. The number of amides is 1. The third-order valence-electron chi connectivity index (χ3n) is 3.69. The van der Waals surface area contributed by atoms with E-state index in [-0.39, 0.29) is 5.91 Å². The van der Waals surface area contributed by atoms with E-state index in [1.807, 2.05) is 4.90 Å². The molecule has 0 spiro atoms. The first kappa shape index (κ1) is 14.5. The summed E-state index contributed by atoms with van der Waals surface area (Å²) in [7, 11) is 1.57. The third kappa shape index (κ3) is 4.28. The van der Waals surface area contributed by atoms with E-state index in [4.69, 9.17) is 10.5 Å². The van der Waals surface area contributed by atoms with Crippen LogP contribution in [0.25, 0.3) is 0 Å². The Morgan fingerprint density at radius 3 is 2.71 bits per heavy atom. The number of nitrogens with two attached hydrogens (primary N) is 1. The number of carbonyl (C=O) groups is 1. The van der Waals surface area contributed by atoms with E-state index in [1.54, 1.807) is 7.11 Å². The number of carbonyl (C=O) groups excluding carboxylic acids is 1. The lowest BCUT2D eigenvalue weighted by Crippen LogP contribution is -2.46. The van der Waals surface area contributed by atoms with Gasteiger partial charge >= 0.3 is 0 Å². The standard InChI is InChI=1S/C13H26N2O2/c1-10(2)11-5-4-7-15(8-6-11)13(16)12(14)9-17-3/h10-12H,4-9,14H2,1-3H3. The molecular formula is C13H26N2O2. The Morgan fingerprint density at radius 2 is 2.12 bits per heavy atom. The van der Waals surface area contributed by atoms with Gasteiger partial charge in [0.15, 0.2) is 0 Å². The molecule has 1 aliphatic rings. The van der Waals surface area contributed by atoms with Crippen LogP contribution >= 0.6 is 0 Å². The number of ether oxygens (including phenoxy) is 1. The topological polar surface area (TPSA) is 55.6 Å². The molecule has 1 heterocycles. The summed E-state index contributed by atoms with van der Waals surface area (Å²) in [6.07, 6.45) is 3.42. The van der Waals surface area contributed by atoms with Crippen molar-refractivity contribution in [3.63, 3.8) is 0 Å². The van der Waals surface area contributed by atoms with E-state index in [2.05, 4.69) is 13.8 Å². The number of hydrogen-bond donors (Lipinski definition) is 1. The molecule has 1 saturated heterocycles. The summed E-state index contributed by atoms with van der Waals surface area (Å²) in [4.78, 5) is 13.9. The highest BCUT2D eigenvalue weighted by atomic mass is 16.5. The first-order chi connectivity index (χ1) is 8.06. The van der Waals surface area contributed by atoms with Crippen molar-refractivity contribution < 1.29 is 9.53 Å². The van der Waals surface area contributed by atoms with E-state index in [0.29, 0.717) is 12.5 Å². The molecule has 100 valence electrons. The predicted molar refractivity (Wildman–Crippen MR) is 68.6 cm³/mol. The third-order valence-corrected chi connectivity index (χ3v) is 3.69. The Morgan fingerprint density at radius 1 is 1.41 bits per heavy atom. The van der Waals surface area contributed by atoms with Crippen molar-refractivity contribution in [2.75, 3.05) is 26.8 Å². The van der Waals surface area contributed by atoms with Gasteiger partial charge in [0.05, 0.1) is 6.61 Å². The number of methoxy groups -OCH3 is 1. The van der Waals surface area contributed by atoms with Gasteiger partial charge in [-0.25, -0.2) is 0 Å². The van der Waals surface area contributed by atoms with Gasteiger partial charge in [0.1, 0.15) is 6.04 Å². The van der Waals surface area contributed by atoms with Gasteiger partial charge in [-0.3, -0.25) is 4.79 Å². The molecule has 0 aliphatic carbocycles. The van der Waals surface area contributed by atoms with Crippen molar-refractivity contribution in [2.24, 2.45) is 17.6 Å². The van der Waals surface area contributed by atoms with Crippen molar-refractivity contribution in [3.8, 4) is 0 Å². The lowest BCUT2D eigenvalue weighted by atomic mass is 9.89. The average molecular weight is 242 g/mol. The normalized spacial score (nSPS) is 23.6. The smallest absolute Gasteiger partial charge is 0.241 e. The van der Waals surface area contributed by atoms with Gasteiger partial charge in [0, 0.05) is 20.2 Å². The van der Waals surface area contributed by atoms with Crippen LogP contribution in [-0.2, 0) is 9.53 Å². The van der Waals surface area contributed by atoms with Gasteiger partial charge in [0.2, 0.25) is 5.91 Å². The van der Waals surface area contributed by atoms with E-state index in [0.717, 1.165) is 31.8 Å². The van der Waals surface area contributed by atoms with E-state index in [9.17, 15) is 4.79 Å². The van der Waals surface area contributed by atoms with Crippen molar-refractivity contribution in [1.29, 1.82) is 0 Å². The van der Waals surface area contributed by atoms with Gasteiger partial charge in [-0.05, 0) is 31.1 Å². The van der Waals surface area contributed by atoms with Crippen molar-refractivity contribution >= 4 is 5.91 Å². The molecule has 1 aliphatic heterocycles. The molecule has 4 nitrogen and oxygen atoms in total. The molecule has 2 unspecified atom stereocenters. The Hall–Kier alpha value is -0.610. The summed E-state index contributed by atoms with van der Waals surface area (Å²) in [5, 5.41) is 0. The molecule has 0 aromatic carbocycles. The summed E-state index contributed by atoms with van der Waals surface area (Å²) in [5.41, 5.74) is 5.79. The predicted octanol–water partition coefficient (Wildman–Crippen LogP) is 1.24. The highest BCUT2D eigenvalue weighted by Crippen LogP contribution is 2.24. The fraction of sp³-hybridized carbons (Fsp3) is 0.923. The molecule has 17 heavy (non-hydrogen) atoms. The van der Waals surface area contributed by atoms with Gasteiger partial charge < -0.3 is 15.4 Å². The Bertz CT molecular complexity index is 244. The summed E-state index contributed by atoms with van der Waals surface area (Å²) in [5.74, 6) is 1.49. The van der Waals surface area contributed by atoms with Crippen molar-refractivity contribution in [3.05, 3.63) is 0 Å². The van der Waals surface area contributed by atoms with Gasteiger partial charge in [-0.15, -0.1) is 0 Å². The van der Waals surface area contributed by atoms with Crippen molar-refractivity contribution in [1.82, 2.24) is 4.90 Å². The van der Waals surface area contributed by atoms with Crippen LogP contribution in [0.3, 0.4) is 0 Å².